The number of nitrogens with one attached hydrogen (secondary N) is 2. The van der Waals surface area contributed by atoms with Crippen molar-refractivity contribution in [1.82, 2.24) is 5.12 Å². The molecule has 3 rings (SSSR count). The Morgan fingerprint density at radius 1 is 1.29 bits per heavy atom. The Kier molecular flexibility index (Phi) is 2.64. The van der Waals surface area contributed by atoms with E-state index in [1.54, 1.807) is 5.12 Å². The molecule has 0 radical (unpaired) electrons. The maximum absolute atomic E-state index is 9.67. The van der Waals surface area contributed by atoms with Crippen LogP contribution in [0.15, 0.2) is 24.3 Å². The van der Waals surface area contributed by atoms with Crippen LogP contribution in [-0.2, 0) is 4.74 Å². The topological polar surface area (TPSA) is 77.0 Å². The molecular weight excluding hydrogens is 222 g/mol. The minimum atomic E-state index is -0.627. The molecule has 0 saturated carbocycles. The highest BCUT2D eigenvalue weighted by molar-refractivity contribution is 5.71. The fourth-order valence-electron chi connectivity index (χ4n) is 2.15. The van der Waals surface area contributed by atoms with Gasteiger partial charge >= 0.3 is 0 Å². The molecule has 0 aromatic heterocycles. The van der Waals surface area contributed by atoms with Gasteiger partial charge in [0.25, 0.3) is 0 Å². The van der Waals surface area contributed by atoms with Gasteiger partial charge in [-0.3, -0.25) is 10.9 Å². The number of hydrogen-bond donors (Lipinski definition) is 4. The molecule has 2 aliphatic rings. The summed E-state index contributed by atoms with van der Waals surface area (Å²) in [6.45, 7) is -0.168. The monoisotopic (exact) mass is 237 g/mol. The number of fused-ring (bicyclic) bond motifs is 1. The Morgan fingerprint density at radius 2 is 1.94 bits per heavy atom. The SMILES string of the molecule is OC[C@H]1OC(N2Nc3ccccc3N2)C[C@@H]1O. The Balaban J connectivity index is 1.70. The Bertz CT molecular complexity index is 390. The number of rotatable bonds is 2. The maximum atomic E-state index is 9.67. The minimum Gasteiger partial charge on any atom is -0.394 e. The molecule has 1 fully saturated rings. The van der Waals surface area contributed by atoms with Gasteiger partial charge in [-0.15, -0.1) is 5.12 Å². The van der Waals surface area contributed by atoms with E-state index in [0.717, 1.165) is 11.4 Å². The van der Waals surface area contributed by atoms with Crippen LogP contribution >= 0.6 is 0 Å². The molecule has 92 valence electrons. The molecule has 1 aromatic rings. The van der Waals surface area contributed by atoms with Crippen molar-refractivity contribution in [2.45, 2.75) is 24.9 Å². The third-order valence-corrected chi connectivity index (χ3v) is 3.08. The van der Waals surface area contributed by atoms with E-state index in [4.69, 9.17) is 9.84 Å². The summed E-state index contributed by atoms with van der Waals surface area (Å²) in [5.74, 6) is 0. The van der Waals surface area contributed by atoms with Gasteiger partial charge in [-0.25, -0.2) is 0 Å². The second-order valence-corrected chi connectivity index (χ2v) is 4.25. The molecule has 2 aliphatic heterocycles. The highest BCUT2D eigenvalue weighted by Crippen LogP contribution is 2.32. The van der Waals surface area contributed by atoms with Gasteiger partial charge in [0.2, 0.25) is 0 Å². The van der Waals surface area contributed by atoms with E-state index in [1.165, 1.54) is 0 Å². The molecule has 3 atom stereocenters. The molecule has 0 aliphatic carbocycles. The number of hydrazine groups is 2. The van der Waals surface area contributed by atoms with Crippen molar-refractivity contribution in [3.63, 3.8) is 0 Å². The van der Waals surface area contributed by atoms with Crippen LogP contribution in [0.4, 0.5) is 11.4 Å². The van der Waals surface area contributed by atoms with Crippen molar-refractivity contribution in [1.29, 1.82) is 0 Å². The summed E-state index contributed by atoms with van der Waals surface area (Å²) in [6.07, 6.45) is -0.974. The first-order valence-corrected chi connectivity index (χ1v) is 5.64. The third kappa shape index (κ3) is 1.85. The van der Waals surface area contributed by atoms with E-state index in [1.807, 2.05) is 24.3 Å². The van der Waals surface area contributed by atoms with Crippen LogP contribution < -0.4 is 10.9 Å². The normalized spacial score (nSPS) is 32.0. The van der Waals surface area contributed by atoms with Crippen molar-refractivity contribution in [3.05, 3.63) is 24.3 Å². The van der Waals surface area contributed by atoms with Crippen molar-refractivity contribution in [3.8, 4) is 0 Å². The highest BCUT2D eigenvalue weighted by atomic mass is 16.6. The zero-order chi connectivity index (χ0) is 11.8. The van der Waals surface area contributed by atoms with Gasteiger partial charge < -0.3 is 14.9 Å². The molecule has 6 nitrogen and oxygen atoms in total. The van der Waals surface area contributed by atoms with Crippen molar-refractivity contribution in [2.75, 3.05) is 17.5 Å². The largest absolute Gasteiger partial charge is 0.394 e. The maximum Gasteiger partial charge on any atom is 0.150 e. The summed E-state index contributed by atoms with van der Waals surface area (Å²) >= 11 is 0. The molecule has 0 amide bonds. The van der Waals surface area contributed by atoms with Gasteiger partial charge in [-0.05, 0) is 12.1 Å². The summed E-state index contributed by atoms with van der Waals surface area (Å²) in [7, 11) is 0. The van der Waals surface area contributed by atoms with E-state index in [2.05, 4.69) is 10.9 Å². The molecule has 1 saturated heterocycles. The molecule has 17 heavy (non-hydrogen) atoms. The first-order valence-electron chi connectivity index (χ1n) is 5.64. The minimum absolute atomic E-state index is 0.168. The fraction of sp³-hybridized carbons (Fsp3) is 0.455. The molecule has 4 N–H and O–H groups in total. The van der Waals surface area contributed by atoms with Gasteiger partial charge in [0, 0.05) is 6.42 Å². The van der Waals surface area contributed by atoms with E-state index in [9.17, 15) is 5.11 Å². The zero-order valence-corrected chi connectivity index (χ0v) is 9.21. The van der Waals surface area contributed by atoms with E-state index in [-0.39, 0.29) is 12.8 Å². The van der Waals surface area contributed by atoms with Gasteiger partial charge in [0.1, 0.15) is 6.10 Å². The van der Waals surface area contributed by atoms with E-state index >= 15 is 0 Å². The number of aliphatic hydroxyl groups excluding tert-OH is 2. The molecule has 1 unspecified atom stereocenters. The van der Waals surface area contributed by atoms with Crippen LogP contribution in [0.5, 0.6) is 0 Å². The summed E-state index contributed by atoms with van der Waals surface area (Å²) in [5, 5.41) is 20.4. The van der Waals surface area contributed by atoms with E-state index in [0.29, 0.717) is 6.42 Å². The predicted octanol–water partition coefficient (Wildman–Crippen LogP) is 0.124. The first-order chi connectivity index (χ1) is 8.28. The fourth-order valence-corrected chi connectivity index (χ4v) is 2.15. The number of anilines is 2. The van der Waals surface area contributed by atoms with Crippen LogP contribution in [0.2, 0.25) is 0 Å². The van der Waals surface area contributed by atoms with Crippen LogP contribution in [0.3, 0.4) is 0 Å². The third-order valence-electron chi connectivity index (χ3n) is 3.08. The molecule has 0 bridgehead atoms. The number of nitrogens with zero attached hydrogens (tertiary/aromatic N) is 1. The molecule has 1 aromatic carbocycles. The smallest absolute Gasteiger partial charge is 0.150 e. The lowest BCUT2D eigenvalue weighted by atomic mass is 10.2. The summed E-state index contributed by atoms with van der Waals surface area (Å²) < 4.78 is 5.54. The molecular formula is C11H15N3O3. The average Bonchev–Trinajstić information content (AvgIpc) is 2.91. The first kappa shape index (κ1) is 10.8. The Hall–Kier alpha value is -1.34. The zero-order valence-electron chi connectivity index (χ0n) is 9.21. The molecule has 0 spiro atoms. The lowest BCUT2D eigenvalue weighted by molar-refractivity contribution is -0.0626. The summed E-state index contributed by atoms with van der Waals surface area (Å²) in [5.41, 5.74) is 8.23. The number of hydrogen-bond acceptors (Lipinski definition) is 6. The quantitative estimate of drug-likeness (QED) is 0.585. The van der Waals surface area contributed by atoms with E-state index < -0.39 is 12.2 Å². The highest BCUT2D eigenvalue weighted by Gasteiger charge is 2.38. The van der Waals surface area contributed by atoms with Crippen LogP contribution in [0.25, 0.3) is 0 Å². The van der Waals surface area contributed by atoms with Gasteiger partial charge in [-0.2, -0.15) is 0 Å². The average molecular weight is 237 g/mol. The summed E-state index contributed by atoms with van der Waals surface area (Å²) in [6, 6.07) is 7.80. The lowest BCUT2D eigenvalue weighted by Gasteiger charge is -2.23. The molecule has 6 heteroatoms. The van der Waals surface area contributed by atoms with Crippen molar-refractivity contribution in [2.24, 2.45) is 0 Å². The van der Waals surface area contributed by atoms with Crippen LogP contribution in [0, 0.1) is 0 Å². The number of benzene rings is 1. The van der Waals surface area contributed by atoms with Crippen LogP contribution in [0.1, 0.15) is 6.42 Å². The second kappa shape index (κ2) is 4.15. The number of para-hydroxylation sites is 2. The van der Waals surface area contributed by atoms with Gasteiger partial charge in [0.05, 0.1) is 24.1 Å². The summed E-state index contributed by atoms with van der Waals surface area (Å²) in [4.78, 5) is 0. The Labute approximate surface area is 98.7 Å². The predicted molar refractivity (Wildman–Crippen MR) is 61.9 cm³/mol. The lowest BCUT2D eigenvalue weighted by Crippen LogP contribution is -2.40. The van der Waals surface area contributed by atoms with Gasteiger partial charge in [-0.1, -0.05) is 12.1 Å². The molecule has 2 heterocycles. The number of ether oxygens (including phenoxy) is 1. The van der Waals surface area contributed by atoms with Crippen molar-refractivity contribution >= 4 is 11.4 Å². The van der Waals surface area contributed by atoms with Crippen molar-refractivity contribution < 1.29 is 14.9 Å². The number of aliphatic hydroxyl groups is 2. The van der Waals surface area contributed by atoms with Gasteiger partial charge in [0.15, 0.2) is 6.23 Å². The Morgan fingerprint density at radius 3 is 2.47 bits per heavy atom. The second-order valence-electron chi connectivity index (χ2n) is 4.25. The van der Waals surface area contributed by atoms with Crippen LogP contribution in [-0.4, -0.2) is 40.4 Å². The standard InChI is InChI=1S/C11H15N3O3/c15-6-10-9(16)5-11(17-10)14-12-7-3-1-2-4-8(7)13-14/h1-4,9-13,15-16H,5-6H2/t9-,10+,11?/m0/s1.